The average Bonchev–Trinajstić information content (AvgIpc) is 3.24. The van der Waals surface area contributed by atoms with Crippen LogP contribution in [0, 0.1) is 0 Å². The van der Waals surface area contributed by atoms with Crippen LogP contribution in [0.4, 0.5) is 5.69 Å². The molecule has 2 amide bonds. The normalized spacial score (nSPS) is 18.0. The number of hydrogen-bond donors (Lipinski definition) is 4. The Morgan fingerprint density at radius 3 is 1.80 bits per heavy atom. The lowest BCUT2D eigenvalue weighted by Gasteiger charge is -2.33. The van der Waals surface area contributed by atoms with Gasteiger partial charge in [-0.2, -0.15) is 0 Å². The van der Waals surface area contributed by atoms with Crippen LogP contribution >= 0.6 is 0 Å². The Morgan fingerprint density at radius 2 is 1.34 bits per heavy atom. The molecule has 1 fully saturated rings. The van der Waals surface area contributed by atoms with Crippen LogP contribution in [0.5, 0.6) is 0 Å². The summed E-state index contributed by atoms with van der Waals surface area (Å²) in [6, 6.07) is 2.23. The van der Waals surface area contributed by atoms with Crippen molar-refractivity contribution >= 4 is 41.4 Å². The second-order valence-electron chi connectivity index (χ2n) is 11.1. The van der Waals surface area contributed by atoms with Crippen molar-refractivity contribution < 1.29 is 49.2 Å². The van der Waals surface area contributed by atoms with Gasteiger partial charge in [-0.25, -0.2) is 0 Å². The molecule has 16 heteroatoms. The molecule has 1 unspecified atom stereocenters. The summed E-state index contributed by atoms with van der Waals surface area (Å²) in [4.78, 5) is 83.1. The van der Waals surface area contributed by atoms with Crippen LogP contribution in [0.2, 0.25) is 0 Å². The van der Waals surface area contributed by atoms with Gasteiger partial charge < -0.3 is 25.3 Å². The fraction of sp³-hybridized carbons (Fsp3) is 0.607. The van der Waals surface area contributed by atoms with Crippen molar-refractivity contribution in [3.8, 4) is 0 Å². The number of nitrogens with zero attached hydrogens (tertiary/aromatic N) is 6. The first kappa shape index (κ1) is 34.3. The van der Waals surface area contributed by atoms with E-state index >= 15 is 0 Å². The molecule has 0 aromatic carbocycles. The third kappa shape index (κ3) is 10.5. The van der Waals surface area contributed by atoms with Crippen LogP contribution < -0.4 is 4.90 Å². The van der Waals surface area contributed by atoms with E-state index < -0.39 is 36.3 Å². The van der Waals surface area contributed by atoms with Gasteiger partial charge in [0.05, 0.1) is 30.9 Å². The van der Waals surface area contributed by atoms with Crippen molar-refractivity contribution in [3.63, 3.8) is 0 Å². The number of unbranched alkanes of at least 4 members (excludes halogenated alkanes) is 1. The van der Waals surface area contributed by atoms with Crippen molar-refractivity contribution in [1.29, 1.82) is 0 Å². The molecule has 4 N–H and O–H groups in total. The largest absolute Gasteiger partial charge is 0.481 e. The van der Waals surface area contributed by atoms with Gasteiger partial charge in [0.1, 0.15) is 6.04 Å². The van der Waals surface area contributed by atoms with E-state index in [0.717, 1.165) is 5.69 Å². The summed E-state index contributed by atoms with van der Waals surface area (Å²) in [7, 11) is 1.87. The molecule has 0 aliphatic carbocycles. The molecule has 2 aliphatic rings. The van der Waals surface area contributed by atoms with E-state index in [-0.39, 0.29) is 77.0 Å². The number of aliphatic carboxylic acids is 4. The highest BCUT2D eigenvalue weighted by Crippen LogP contribution is 2.21. The van der Waals surface area contributed by atoms with Crippen LogP contribution in [0.3, 0.4) is 0 Å². The number of aromatic nitrogens is 1. The van der Waals surface area contributed by atoms with Gasteiger partial charge in [0.15, 0.2) is 0 Å². The highest BCUT2D eigenvalue weighted by atomic mass is 16.4. The second kappa shape index (κ2) is 16.1. The van der Waals surface area contributed by atoms with Crippen LogP contribution in [-0.4, -0.2) is 146 Å². The number of likely N-dealkylation sites (tertiary alicyclic amines) is 1. The van der Waals surface area contributed by atoms with Crippen LogP contribution in [0.25, 0.3) is 0 Å². The molecule has 0 spiro atoms. The first-order valence-electron chi connectivity index (χ1n) is 14.4. The zero-order chi connectivity index (χ0) is 32.4. The predicted octanol–water partition coefficient (Wildman–Crippen LogP) is -0.536. The van der Waals surface area contributed by atoms with E-state index in [9.17, 15) is 49.2 Å². The zero-order valence-electron chi connectivity index (χ0n) is 24.8. The molecule has 0 radical (unpaired) electrons. The number of imide groups is 1. The van der Waals surface area contributed by atoms with Crippen LogP contribution in [-0.2, 0) is 41.9 Å². The third-order valence-electron chi connectivity index (χ3n) is 7.63. The van der Waals surface area contributed by atoms with Gasteiger partial charge in [0.25, 0.3) is 0 Å². The maximum absolute atomic E-state index is 12.0. The quantitative estimate of drug-likeness (QED) is 0.152. The number of amides is 2. The van der Waals surface area contributed by atoms with Gasteiger partial charge in [-0.3, -0.25) is 53.4 Å². The fourth-order valence-corrected chi connectivity index (χ4v) is 5.40. The minimum atomic E-state index is -1.38. The first-order valence-corrected chi connectivity index (χ1v) is 14.4. The van der Waals surface area contributed by atoms with Crippen molar-refractivity contribution in [2.75, 3.05) is 64.3 Å². The van der Waals surface area contributed by atoms with E-state index in [1.165, 1.54) is 9.80 Å². The maximum atomic E-state index is 12.0. The van der Waals surface area contributed by atoms with Crippen molar-refractivity contribution in [2.45, 2.75) is 51.2 Å². The highest BCUT2D eigenvalue weighted by Gasteiger charge is 2.30. The number of rotatable bonds is 14. The van der Waals surface area contributed by atoms with E-state index in [1.807, 2.05) is 11.9 Å². The molecular formula is C28H40N6O10. The standard InChI is InChI=1S/C28H40N6O10/c1-30(6-2-3-7-34-23(35)4-5-24(34)36)21-12-19-15-31(17-26(39)40)8-10-33(22(28(43)44)14-25(37)38)11-9-32(18-27(41)42)16-20(13-21)29-19/h12-13,22H,2-11,14-18H2,1H3,(H,37,38)(H,39,40)(H,41,42)(H,43,44). The van der Waals surface area contributed by atoms with Gasteiger partial charge in [-0.05, 0) is 25.0 Å². The molecule has 2 aliphatic heterocycles. The zero-order valence-corrected chi connectivity index (χ0v) is 24.8. The van der Waals surface area contributed by atoms with Gasteiger partial charge in [0, 0.05) is 77.9 Å². The lowest BCUT2D eigenvalue weighted by atomic mass is 10.1. The number of pyridine rings is 1. The number of carboxylic acid groups (broad SMARTS) is 4. The second-order valence-corrected chi connectivity index (χ2v) is 11.1. The summed E-state index contributed by atoms with van der Waals surface area (Å²) in [5.41, 5.74) is 1.83. The van der Waals surface area contributed by atoms with Crippen molar-refractivity contribution in [2.24, 2.45) is 0 Å². The van der Waals surface area contributed by atoms with E-state index in [1.54, 1.807) is 21.9 Å². The number of carbonyl (C=O) groups is 6. The van der Waals surface area contributed by atoms with Gasteiger partial charge in [-0.1, -0.05) is 0 Å². The Labute approximate surface area is 254 Å². The van der Waals surface area contributed by atoms with Crippen LogP contribution in [0.15, 0.2) is 12.1 Å². The van der Waals surface area contributed by atoms with E-state index in [2.05, 4.69) is 4.98 Å². The smallest absolute Gasteiger partial charge is 0.321 e. The molecule has 1 aromatic heterocycles. The van der Waals surface area contributed by atoms with Gasteiger partial charge >= 0.3 is 23.9 Å². The molecular weight excluding hydrogens is 580 g/mol. The topological polar surface area (TPSA) is 212 Å². The van der Waals surface area contributed by atoms with Gasteiger partial charge in [0.2, 0.25) is 11.8 Å². The predicted molar refractivity (Wildman–Crippen MR) is 154 cm³/mol. The Kier molecular flexibility index (Phi) is 12.5. The van der Waals surface area contributed by atoms with E-state index in [4.69, 9.17) is 0 Å². The third-order valence-corrected chi connectivity index (χ3v) is 7.63. The molecule has 0 saturated carbocycles. The van der Waals surface area contributed by atoms with Crippen molar-refractivity contribution in [1.82, 2.24) is 24.6 Å². The van der Waals surface area contributed by atoms with Crippen molar-refractivity contribution in [3.05, 3.63) is 23.5 Å². The molecule has 1 saturated heterocycles. The van der Waals surface area contributed by atoms with E-state index in [0.29, 0.717) is 37.3 Å². The Hall–Kier alpha value is -4.15. The summed E-state index contributed by atoms with van der Waals surface area (Å²) >= 11 is 0. The van der Waals surface area contributed by atoms with Gasteiger partial charge in [-0.15, -0.1) is 0 Å². The molecule has 2 bridgehead atoms. The molecule has 242 valence electrons. The summed E-state index contributed by atoms with van der Waals surface area (Å²) in [6.07, 6.45) is 1.14. The monoisotopic (exact) mass is 620 g/mol. The SMILES string of the molecule is CN(CCCCN1C(=O)CCC1=O)c1cc2nc(c1)CN(CC(=O)O)CCN(C(CC(=O)O)C(=O)O)CCN(CC(=O)O)C2. The molecule has 16 nitrogen and oxygen atoms in total. The number of carbonyl (C=O) groups excluding carboxylic acids is 2. The summed E-state index contributed by atoms with van der Waals surface area (Å²) in [5, 5.41) is 38.1. The molecule has 1 atom stereocenters. The maximum Gasteiger partial charge on any atom is 0.321 e. The molecule has 3 rings (SSSR count). The summed E-state index contributed by atoms with van der Waals surface area (Å²) in [6.45, 7) is 0.693. The lowest BCUT2D eigenvalue weighted by molar-refractivity contribution is -0.150. The fourth-order valence-electron chi connectivity index (χ4n) is 5.40. The Balaban J connectivity index is 1.84. The molecule has 44 heavy (non-hydrogen) atoms. The lowest BCUT2D eigenvalue weighted by Crippen LogP contribution is -2.49. The average molecular weight is 621 g/mol. The molecule has 3 heterocycles. The number of carboxylic acids is 4. The molecule has 1 aromatic rings. The number of fused-ring (bicyclic) bond motifs is 2. The highest BCUT2D eigenvalue weighted by molar-refractivity contribution is 6.01. The summed E-state index contributed by atoms with van der Waals surface area (Å²) in [5.74, 6) is -5.14. The number of anilines is 1. The van der Waals surface area contributed by atoms with Crippen LogP contribution in [0.1, 0.15) is 43.5 Å². The minimum Gasteiger partial charge on any atom is -0.481 e. The minimum absolute atomic E-state index is 0.0346. The number of hydrogen-bond acceptors (Lipinski definition) is 11. The first-order chi connectivity index (χ1) is 20.8. The summed E-state index contributed by atoms with van der Waals surface area (Å²) < 4.78 is 0. The Bertz CT molecular complexity index is 1180. The Morgan fingerprint density at radius 1 is 0.818 bits per heavy atom.